The molecule has 0 saturated carbocycles. The second-order valence-corrected chi connectivity index (χ2v) is 7.35. The predicted octanol–water partition coefficient (Wildman–Crippen LogP) is 4.41. The van der Waals surface area contributed by atoms with E-state index in [9.17, 15) is 4.79 Å². The minimum atomic E-state index is -0.392. The van der Waals surface area contributed by atoms with Crippen LogP contribution in [0.25, 0.3) is 10.9 Å². The number of ether oxygens (including phenoxy) is 1. The summed E-state index contributed by atoms with van der Waals surface area (Å²) in [6.07, 6.45) is 2.80. The van der Waals surface area contributed by atoms with Gasteiger partial charge in [0.15, 0.2) is 0 Å². The van der Waals surface area contributed by atoms with Crippen molar-refractivity contribution in [3.8, 4) is 0 Å². The zero-order chi connectivity index (χ0) is 17.7. The number of pyridine rings is 1. The molecule has 1 heterocycles. The van der Waals surface area contributed by atoms with E-state index < -0.39 is 5.97 Å². The lowest BCUT2D eigenvalue weighted by molar-refractivity contribution is 0.0285. The highest BCUT2D eigenvalue weighted by Crippen LogP contribution is 2.27. The van der Waals surface area contributed by atoms with Crippen molar-refractivity contribution in [2.75, 3.05) is 26.7 Å². The van der Waals surface area contributed by atoms with Crippen LogP contribution in [0.15, 0.2) is 30.5 Å². The first-order valence-corrected chi connectivity index (χ1v) is 8.61. The average Bonchev–Trinajstić information content (AvgIpc) is 2.53. The number of hydrogen-bond acceptors (Lipinski definition) is 4. The van der Waals surface area contributed by atoms with E-state index in [1.807, 2.05) is 6.07 Å². The Bertz CT molecular complexity index is 716. The van der Waals surface area contributed by atoms with Crippen molar-refractivity contribution in [2.24, 2.45) is 5.41 Å². The second kappa shape index (κ2) is 7.95. The van der Waals surface area contributed by atoms with Crippen molar-refractivity contribution in [3.63, 3.8) is 0 Å². The Morgan fingerprint density at radius 1 is 1.33 bits per heavy atom. The number of carbonyl (C=O) groups excluding carboxylic acids is 1. The number of rotatable bonds is 7. The zero-order valence-corrected chi connectivity index (χ0v) is 15.6. The van der Waals surface area contributed by atoms with Gasteiger partial charge < -0.3 is 9.64 Å². The normalized spacial score (nSPS) is 11.9. The molecule has 0 saturated heterocycles. The maximum atomic E-state index is 12.4. The van der Waals surface area contributed by atoms with Crippen LogP contribution in [0.3, 0.4) is 0 Å². The molecule has 0 radical (unpaired) electrons. The Morgan fingerprint density at radius 2 is 2.08 bits per heavy atom. The van der Waals surface area contributed by atoms with E-state index in [1.54, 1.807) is 24.4 Å². The van der Waals surface area contributed by atoms with E-state index in [4.69, 9.17) is 16.3 Å². The number of benzene rings is 1. The number of carbonyl (C=O) groups is 1. The Hall–Kier alpha value is -1.65. The van der Waals surface area contributed by atoms with E-state index >= 15 is 0 Å². The Morgan fingerprint density at radius 3 is 2.79 bits per heavy atom. The zero-order valence-electron chi connectivity index (χ0n) is 14.8. The van der Waals surface area contributed by atoms with Gasteiger partial charge in [0, 0.05) is 23.5 Å². The van der Waals surface area contributed by atoms with Crippen LogP contribution in [0, 0.1) is 5.41 Å². The molecule has 4 nitrogen and oxygen atoms in total. The van der Waals surface area contributed by atoms with Gasteiger partial charge >= 0.3 is 5.97 Å². The minimum absolute atomic E-state index is 0.121. The monoisotopic (exact) mass is 348 g/mol. The van der Waals surface area contributed by atoms with Crippen LogP contribution in [-0.2, 0) is 4.74 Å². The molecule has 0 atom stereocenters. The van der Waals surface area contributed by atoms with Crippen molar-refractivity contribution in [2.45, 2.75) is 27.2 Å². The molecule has 0 aliphatic rings. The van der Waals surface area contributed by atoms with Crippen molar-refractivity contribution < 1.29 is 9.53 Å². The molecule has 0 aliphatic carbocycles. The lowest BCUT2D eigenvalue weighted by Crippen LogP contribution is -2.35. The summed E-state index contributed by atoms with van der Waals surface area (Å²) in [7, 11) is 2.08. The van der Waals surface area contributed by atoms with Gasteiger partial charge in [-0.15, -0.1) is 0 Å². The molecule has 24 heavy (non-hydrogen) atoms. The van der Waals surface area contributed by atoms with Crippen LogP contribution in [-0.4, -0.2) is 42.6 Å². The van der Waals surface area contributed by atoms with Crippen LogP contribution in [0.2, 0.25) is 5.02 Å². The van der Waals surface area contributed by atoms with Crippen LogP contribution >= 0.6 is 11.6 Å². The first kappa shape index (κ1) is 18.7. The Kier molecular flexibility index (Phi) is 6.19. The van der Waals surface area contributed by atoms with Gasteiger partial charge in [-0.25, -0.2) is 4.79 Å². The number of fused-ring (bicyclic) bond motifs is 1. The highest BCUT2D eigenvalue weighted by atomic mass is 35.5. The molecule has 1 aromatic carbocycles. The summed E-state index contributed by atoms with van der Waals surface area (Å²) >= 11 is 6.36. The summed E-state index contributed by atoms with van der Waals surface area (Å²) < 4.78 is 5.53. The summed E-state index contributed by atoms with van der Waals surface area (Å²) in [6, 6.07) is 7.12. The lowest BCUT2D eigenvalue weighted by atomic mass is 9.94. The first-order valence-electron chi connectivity index (χ1n) is 8.23. The highest BCUT2D eigenvalue weighted by molar-refractivity contribution is 6.38. The molecule has 0 aliphatic heterocycles. The third-order valence-corrected chi connectivity index (χ3v) is 4.24. The summed E-state index contributed by atoms with van der Waals surface area (Å²) in [4.78, 5) is 18.9. The van der Waals surface area contributed by atoms with Crippen molar-refractivity contribution in [3.05, 3.63) is 41.0 Å². The van der Waals surface area contributed by atoms with Crippen LogP contribution in [0.1, 0.15) is 37.6 Å². The van der Waals surface area contributed by atoms with Crippen molar-refractivity contribution in [1.29, 1.82) is 0 Å². The molecular weight excluding hydrogens is 324 g/mol. The molecule has 0 unspecified atom stereocenters. The summed E-state index contributed by atoms with van der Waals surface area (Å²) in [5.74, 6) is -0.392. The van der Waals surface area contributed by atoms with Gasteiger partial charge in [-0.05, 0) is 44.3 Å². The number of aromatic nitrogens is 1. The van der Waals surface area contributed by atoms with Crippen LogP contribution < -0.4 is 0 Å². The van der Waals surface area contributed by atoms with Crippen LogP contribution in [0.4, 0.5) is 0 Å². The maximum absolute atomic E-state index is 12.4. The SMILES string of the molecule is CCCN(C)CC(C)(C)COC(=O)c1ccc2ncccc2c1Cl. The highest BCUT2D eigenvalue weighted by Gasteiger charge is 2.23. The van der Waals surface area contributed by atoms with E-state index in [0.717, 1.165) is 30.4 Å². The number of hydrogen-bond donors (Lipinski definition) is 0. The molecule has 0 spiro atoms. The van der Waals surface area contributed by atoms with Gasteiger partial charge in [0.1, 0.15) is 0 Å². The fourth-order valence-corrected chi connectivity index (χ4v) is 3.15. The smallest absolute Gasteiger partial charge is 0.339 e. The van der Waals surface area contributed by atoms with Gasteiger partial charge in [-0.2, -0.15) is 0 Å². The topological polar surface area (TPSA) is 42.4 Å². The number of esters is 1. The minimum Gasteiger partial charge on any atom is -0.461 e. The Balaban J connectivity index is 2.06. The number of nitrogens with zero attached hydrogens (tertiary/aromatic N) is 2. The fourth-order valence-electron chi connectivity index (χ4n) is 2.85. The molecule has 130 valence electrons. The third kappa shape index (κ3) is 4.68. The quantitative estimate of drug-likeness (QED) is 0.695. The second-order valence-electron chi connectivity index (χ2n) is 6.98. The molecule has 0 fully saturated rings. The van der Waals surface area contributed by atoms with Crippen molar-refractivity contribution >= 4 is 28.5 Å². The van der Waals surface area contributed by atoms with Gasteiger partial charge in [-0.3, -0.25) is 4.98 Å². The van der Waals surface area contributed by atoms with E-state index in [-0.39, 0.29) is 5.41 Å². The summed E-state index contributed by atoms with van der Waals surface area (Å²) in [6.45, 7) is 8.59. The molecule has 2 rings (SSSR count). The van der Waals surface area contributed by atoms with E-state index in [0.29, 0.717) is 17.2 Å². The van der Waals surface area contributed by atoms with Gasteiger partial charge in [0.2, 0.25) is 0 Å². The van der Waals surface area contributed by atoms with E-state index in [1.165, 1.54) is 0 Å². The molecule has 5 heteroatoms. The van der Waals surface area contributed by atoms with Crippen molar-refractivity contribution in [1.82, 2.24) is 9.88 Å². The maximum Gasteiger partial charge on any atom is 0.339 e. The van der Waals surface area contributed by atoms with Crippen LogP contribution in [0.5, 0.6) is 0 Å². The third-order valence-electron chi connectivity index (χ3n) is 3.84. The average molecular weight is 349 g/mol. The predicted molar refractivity (Wildman–Crippen MR) is 98.6 cm³/mol. The largest absolute Gasteiger partial charge is 0.461 e. The summed E-state index contributed by atoms with van der Waals surface area (Å²) in [5, 5.41) is 1.15. The molecule has 0 N–H and O–H groups in total. The Labute approximate surface area is 148 Å². The fraction of sp³-hybridized carbons (Fsp3) is 0.474. The standard InChI is InChI=1S/C19H25ClN2O2/c1-5-11-22(4)12-19(2,3)13-24-18(23)15-8-9-16-14(17(15)20)7-6-10-21-16/h6-10H,5,11-13H2,1-4H3. The molecular formula is C19H25ClN2O2. The van der Waals surface area contributed by atoms with Gasteiger partial charge in [0.25, 0.3) is 0 Å². The molecule has 1 aromatic heterocycles. The molecule has 2 aromatic rings. The molecule has 0 bridgehead atoms. The lowest BCUT2D eigenvalue weighted by Gasteiger charge is -2.29. The van der Waals surface area contributed by atoms with E-state index in [2.05, 4.69) is 37.7 Å². The van der Waals surface area contributed by atoms with Gasteiger partial charge in [0.05, 0.1) is 22.7 Å². The first-order chi connectivity index (χ1) is 11.3. The van der Waals surface area contributed by atoms with Gasteiger partial charge in [-0.1, -0.05) is 32.4 Å². The summed E-state index contributed by atoms with van der Waals surface area (Å²) in [5.41, 5.74) is 1.03. The number of halogens is 1. The molecule has 0 amide bonds.